The number of aryl methyl sites for hydroxylation is 2. The van der Waals surface area contributed by atoms with E-state index in [0.29, 0.717) is 24.2 Å². The van der Waals surface area contributed by atoms with Crippen LogP contribution in [-0.4, -0.2) is 117 Å². The zero-order valence-corrected chi connectivity index (χ0v) is 26.3. The molecular formula is C32H49N5O8. The first-order valence-corrected chi connectivity index (χ1v) is 15.5. The summed E-state index contributed by atoms with van der Waals surface area (Å²) >= 11 is 0. The van der Waals surface area contributed by atoms with Gasteiger partial charge >= 0.3 is 0 Å². The van der Waals surface area contributed by atoms with E-state index >= 15 is 0 Å². The van der Waals surface area contributed by atoms with Crippen LogP contribution >= 0.6 is 0 Å². The van der Waals surface area contributed by atoms with E-state index in [1.807, 2.05) is 26.0 Å². The average Bonchev–Trinajstić information content (AvgIpc) is 2.99. The Hall–Kier alpha value is -3.30. The molecule has 250 valence electrons. The van der Waals surface area contributed by atoms with Crippen LogP contribution < -0.4 is 16.0 Å². The number of nitrogens with zero attached hydrogens (tertiary/aromatic N) is 2. The van der Waals surface area contributed by atoms with E-state index in [2.05, 4.69) is 25.8 Å². The topological polar surface area (TPSA) is 198 Å². The summed E-state index contributed by atoms with van der Waals surface area (Å²) in [5.41, 5.74) is 3.41. The summed E-state index contributed by atoms with van der Waals surface area (Å²) in [5, 5.41) is 68.1. The monoisotopic (exact) mass is 631 g/mol. The van der Waals surface area contributed by atoms with Crippen LogP contribution in [0.3, 0.4) is 0 Å². The molecule has 0 aliphatic carbocycles. The minimum absolute atomic E-state index is 0.0428. The van der Waals surface area contributed by atoms with Crippen molar-refractivity contribution in [3.8, 4) is 11.5 Å². The number of hydrogen-bond donors (Lipinski definition) is 9. The number of aromatic hydroxyl groups is 2. The van der Waals surface area contributed by atoms with Crippen LogP contribution in [-0.2, 0) is 22.7 Å². The number of aliphatic hydroxyl groups excluding tert-OH is 4. The highest BCUT2D eigenvalue weighted by atomic mass is 16.3. The summed E-state index contributed by atoms with van der Waals surface area (Å²) in [5.74, 6) is -2.47. The number of carbonyl (C=O) groups excluding carboxylic acids is 2. The van der Waals surface area contributed by atoms with Gasteiger partial charge in [-0.15, -0.1) is 0 Å². The molecule has 2 aromatic carbocycles. The molecule has 0 bridgehead atoms. The summed E-state index contributed by atoms with van der Waals surface area (Å²) < 4.78 is 0. The third-order valence-electron chi connectivity index (χ3n) is 7.86. The molecule has 45 heavy (non-hydrogen) atoms. The first kappa shape index (κ1) is 36.2. The molecule has 0 spiro atoms. The lowest BCUT2D eigenvalue weighted by Crippen LogP contribution is -2.34. The Morgan fingerprint density at radius 1 is 0.733 bits per heavy atom. The Kier molecular flexibility index (Phi) is 14.5. The van der Waals surface area contributed by atoms with Crippen molar-refractivity contribution >= 4 is 23.2 Å². The van der Waals surface area contributed by atoms with Gasteiger partial charge in [0.2, 0.25) is 5.91 Å². The molecule has 9 N–H and O–H groups in total. The summed E-state index contributed by atoms with van der Waals surface area (Å²) in [4.78, 5) is 29.1. The fraction of sp³-hybridized carbons (Fsp3) is 0.562. The van der Waals surface area contributed by atoms with E-state index in [9.17, 15) is 35.1 Å². The smallest absolute Gasteiger partial charge is 0.255 e. The van der Waals surface area contributed by atoms with Gasteiger partial charge in [-0.1, -0.05) is 12.1 Å². The maximum atomic E-state index is 12.4. The largest absolute Gasteiger partial charge is 0.505 e. The molecule has 0 radical (unpaired) electrons. The summed E-state index contributed by atoms with van der Waals surface area (Å²) in [6.45, 7) is 7.63. The standard InChI is InChI=1S/C32H49N5O8/c1-21-12-23(29(42)26(14-21)34-31(44)25(18-38)19-39)16-36-8-3-6-33-7-4-9-37(11-5-10-36)17-24-13-22(2)15-27(30(24)43)35-32(45)28(41)20-40/h12-15,25,28,33,38-43H,3-11,16-20H2,1-2H3,(H,34,44)(H,35,45). The lowest BCUT2D eigenvalue weighted by molar-refractivity contribution is -0.125. The number of anilines is 2. The van der Waals surface area contributed by atoms with E-state index < -0.39 is 43.7 Å². The lowest BCUT2D eigenvalue weighted by Gasteiger charge is -2.28. The van der Waals surface area contributed by atoms with Crippen molar-refractivity contribution in [1.29, 1.82) is 0 Å². The predicted molar refractivity (Wildman–Crippen MR) is 171 cm³/mol. The number of phenolic OH excluding ortho intramolecular Hbond substituents is 2. The van der Waals surface area contributed by atoms with Crippen molar-refractivity contribution in [3.05, 3.63) is 46.5 Å². The molecule has 3 rings (SSSR count). The highest BCUT2D eigenvalue weighted by Gasteiger charge is 2.21. The molecule has 1 aliphatic heterocycles. The third kappa shape index (κ3) is 10.9. The molecule has 1 atom stereocenters. The van der Waals surface area contributed by atoms with Gasteiger partial charge in [0.05, 0.1) is 37.1 Å². The van der Waals surface area contributed by atoms with Crippen LogP contribution in [0, 0.1) is 19.8 Å². The number of phenols is 2. The van der Waals surface area contributed by atoms with Gasteiger partial charge in [-0.3, -0.25) is 19.4 Å². The van der Waals surface area contributed by atoms with Gasteiger partial charge in [-0.2, -0.15) is 0 Å². The Bertz CT molecular complexity index is 1270. The van der Waals surface area contributed by atoms with Gasteiger partial charge in [0.1, 0.15) is 11.5 Å². The van der Waals surface area contributed by atoms with Gasteiger partial charge in [0.25, 0.3) is 5.91 Å². The SMILES string of the molecule is Cc1cc(CN2CCCNCCCN(Cc3cc(C)cc(NC(=O)C(CO)CO)c3O)CCC2)c(O)c(NC(=O)C(O)CO)c1. The molecule has 0 saturated carbocycles. The van der Waals surface area contributed by atoms with Crippen LogP contribution in [0.25, 0.3) is 0 Å². The van der Waals surface area contributed by atoms with E-state index in [0.717, 1.165) is 69.7 Å². The van der Waals surface area contributed by atoms with Gasteiger partial charge in [-0.05, 0) is 95.6 Å². The molecule has 13 heteroatoms. The third-order valence-corrected chi connectivity index (χ3v) is 7.86. The minimum atomic E-state index is -1.59. The molecule has 0 aromatic heterocycles. The average molecular weight is 632 g/mol. The van der Waals surface area contributed by atoms with E-state index in [1.165, 1.54) is 0 Å². The summed E-state index contributed by atoms with van der Waals surface area (Å²) in [6, 6.07) is 7.03. The second-order valence-electron chi connectivity index (χ2n) is 11.7. The van der Waals surface area contributed by atoms with Crippen LogP contribution in [0.1, 0.15) is 41.5 Å². The fourth-order valence-electron chi connectivity index (χ4n) is 5.42. The van der Waals surface area contributed by atoms with Crippen molar-refractivity contribution in [1.82, 2.24) is 15.1 Å². The molecule has 1 unspecified atom stereocenters. The van der Waals surface area contributed by atoms with E-state index in [-0.39, 0.29) is 22.9 Å². The number of benzene rings is 2. The first-order chi connectivity index (χ1) is 21.6. The van der Waals surface area contributed by atoms with Crippen molar-refractivity contribution in [2.45, 2.75) is 52.3 Å². The summed E-state index contributed by atoms with van der Waals surface area (Å²) in [6.07, 6.45) is 1.07. The zero-order valence-electron chi connectivity index (χ0n) is 26.3. The number of carbonyl (C=O) groups is 2. The lowest BCUT2D eigenvalue weighted by atomic mass is 10.1. The maximum absolute atomic E-state index is 12.4. The Morgan fingerprint density at radius 3 is 1.62 bits per heavy atom. The Labute approximate surface area is 264 Å². The van der Waals surface area contributed by atoms with Gasteiger partial charge in [0, 0.05) is 24.2 Å². The minimum Gasteiger partial charge on any atom is -0.505 e. The predicted octanol–water partition coefficient (Wildman–Crippen LogP) is 0.623. The molecule has 1 heterocycles. The molecule has 1 aliphatic rings. The second-order valence-corrected chi connectivity index (χ2v) is 11.7. The maximum Gasteiger partial charge on any atom is 0.255 e. The highest BCUT2D eigenvalue weighted by Crippen LogP contribution is 2.32. The highest BCUT2D eigenvalue weighted by molar-refractivity contribution is 5.96. The second kappa shape index (κ2) is 18.0. The van der Waals surface area contributed by atoms with Crippen LogP contribution in [0.15, 0.2) is 24.3 Å². The van der Waals surface area contributed by atoms with E-state index in [4.69, 9.17) is 5.11 Å². The van der Waals surface area contributed by atoms with Crippen LogP contribution in [0.4, 0.5) is 11.4 Å². The fourth-order valence-corrected chi connectivity index (χ4v) is 5.42. The van der Waals surface area contributed by atoms with Crippen molar-refractivity contribution in [3.63, 3.8) is 0 Å². The Balaban J connectivity index is 1.72. The molecular weight excluding hydrogens is 582 g/mol. The molecule has 1 saturated heterocycles. The van der Waals surface area contributed by atoms with Crippen LogP contribution in [0.5, 0.6) is 11.5 Å². The quantitative estimate of drug-likeness (QED) is 0.158. The summed E-state index contributed by atoms with van der Waals surface area (Å²) in [7, 11) is 0. The van der Waals surface area contributed by atoms with Crippen molar-refractivity contribution in [2.24, 2.45) is 5.92 Å². The number of nitrogens with one attached hydrogen (secondary N) is 3. The zero-order chi connectivity index (χ0) is 32.9. The van der Waals surface area contributed by atoms with Gasteiger partial charge < -0.3 is 46.6 Å². The van der Waals surface area contributed by atoms with Crippen molar-refractivity contribution in [2.75, 3.05) is 69.7 Å². The van der Waals surface area contributed by atoms with Gasteiger partial charge in [0.15, 0.2) is 6.10 Å². The number of amides is 2. The number of aliphatic hydroxyl groups is 4. The molecule has 2 amide bonds. The first-order valence-electron chi connectivity index (χ1n) is 15.5. The Morgan fingerprint density at radius 2 is 1.18 bits per heavy atom. The number of rotatable bonds is 11. The van der Waals surface area contributed by atoms with E-state index in [1.54, 1.807) is 12.1 Å². The normalized spacial score (nSPS) is 16.5. The molecule has 2 aromatic rings. The van der Waals surface area contributed by atoms with Crippen molar-refractivity contribution < 1.29 is 40.2 Å². The van der Waals surface area contributed by atoms with Crippen LogP contribution in [0.2, 0.25) is 0 Å². The molecule has 13 nitrogen and oxygen atoms in total. The van der Waals surface area contributed by atoms with Gasteiger partial charge in [-0.25, -0.2) is 0 Å². The molecule has 1 fully saturated rings. The number of hydrogen-bond acceptors (Lipinski definition) is 11.